The first-order valence-electron chi connectivity index (χ1n) is 7.68. The highest BCUT2D eigenvalue weighted by atomic mass is 16.5. The van der Waals surface area contributed by atoms with Crippen LogP contribution in [-0.2, 0) is 13.0 Å². The molecule has 0 unspecified atom stereocenters. The van der Waals surface area contributed by atoms with Gasteiger partial charge in [0.25, 0.3) is 0 Å². The molecule has 114 valence electrons. The topological polar surface area (TPSA) is 53.1 Å². The Morgan fingerprint density at radius 2 is 2.05 bits per heavy atom. The average molecular weight is 287 g/mol. The van der Waals surface area contributed by atoms with E-state index in [1.807, 2.05) is 38.1 Å². The number of nitrogens with two attached hydrogens (primary N) is 1. The van der Waals surface area contributed by atoms with Gasteiger partial charge >= 0.3 is 0 Å². The highest BCUT2D eigenvalue weighted by molar-refractivity contribution is 5.72. The molecule has 4 nitrogen and oxygen atoms in total. The third-order valence-corrected chi connectivity index (χ3v) is 3.33. The van der Waals surface area contributed by atoms with E-state index < -0.39 is 0 Å². The van der Waals surface area contributed by atoms with Crippen molar-refractivity contribution in [3.63, 3.8) is 0 Å². The SMILES string of the molecule is CCCn1c(CC)nc(-c2cccc(OC(C)C)c2)c1N. The van der Waals surface area contributed by atoms with Crippen LogP contribution in [0.2, 0.25) is 0 Å². The zero-order valence-electron chi connectivity index (χ0n) is 13.4. The van der Waals surface area contributed by atoms with Crippen molar-refractivity contribution in [3.8, 4) is 17.0 Å². The number of ether oxygens (including phenoxy) is 1. The molecule has 2 aromatic rings. The van der Waals surface area contributed by atoms with Crippen molar-refractivity contribution in [1.82, 2.24) is 9.55 Å². The lowest BCUT2D eigenvalue weighted by Gasteiger charge is -2.10. The molecule has 0 aliphatic heterocycles. The van der Waals surface area contributed by atoms with Crippen molar-refractivity contribution in [2.75, 3.05) is 5.73 Å². The van der Waals surface area contributed by atoms with E-state index in [1.165, 1.54) is 0 Å². The highest BCUT2D eigenvalue weighted by Gasteiger charge is 2.15. The molecule has 1 heterocycles. The molecule has 21 heavy (non-hydrogen) atoms. The second kappa shape index (κ2) is 6.66. The van der Waals surface area contributed by atoms with Gasteiger partial charge in [0.2, 0.25) is 0 Å². The lowest BCUT2D eigenvalue weighted by atomic mass is 10.1. The number of imidazole rings is 1. The van der Waals surface area contributed by atoms with Gasteiger partial charge in [0.15, 0.2) is 0 Å². The fourth-order valence-electron chi connectivity index (χ4n) is 2.46. The maximum absolute atomic E-state index is 6.31. The van der Waals surface area contributed by atoms with Gasteiger partial charge in [-0.2, -0.15) is 0 Å². The van der Waals surface area contributed by atoms with Crippen LogP contribution >= 0.6 is 0 Å². The van der Waals surface area contributed by atoms with E-state index in [-0.39, 0.29) is 6.10 Å². The zero-order valence-corrected chi connectivity index (χ0v) is 13.4. The number of benzene rings is 1. The number of hydrogen-bond acceptors (Lipinski definition) is 3. The van der Waals surface area contributed by atoms with Crippen LogP contribution in [0.25, 0.3) is 11.3 Å². The van der Waals surface area contributed by atoms with Crippen molar-refractivity contribution in [1.29, 1.82) is 0 Å². The predicted molar refractivity (Wildman–Crippen MR) is 87.5 cm³/mol. The smallest absolute Gasteiger partial charge is 0.131 e. The molecule has 0 amide bonds. The van der Waals surface area contributed by atoms with E-state index >= 15 is 0 Å². The van der Waals surface area contributed by atoms with Crippen LogP contribution in [-0.4, -0.2) is 15.7 Å². The molecular formula is C17H25N3O. The fraction of sp³-hybridized carbons (Fsp3) is 0.471. The summed E-state index contributed by atoms with van der Waals surface area (Å²) >= 11 is 0. The molecule has 0 atom stereocenters. The molecule has 4 heteroatoms. The molecule has 0 saturated carbocycles. The van der Waals surface area contributed by atoms with Gasteiger partial charge in [-0.25, -0.2) is 4.98 Å². The summed E-state index contributed by atoms with van der Waals surface area (Å²) in [4.78, 5) is 4.72. The van der Waals surface area contributed by atoms with Crippen molar-refractivity contribution in [3.05, 3.63) is 30.1 Å². The van der Waals surface area contributed by atoms with E-state index in [9.17, 15) is 0 Å². The van der Waals surface area contributed by atoms with Crippen LogP contribution in [0.4, 0.5) is 5.82 Å². The van der Waals surface area contributed by atoms with E-state index in [0.717, 1.165) is 48.0 Å². The molecular weight excluding hydrogens is 262 g/mol. The third-order valence-electron chi connectivity index (χ3n) is 3.33. The van der Waals surface area contributed by atoms with Gasteiger partial charge in [0, 0.05) is 18.5 Å². The van der Waals surface area contributed by atoms with Gasteiger partial charge in [0.1, 0.15) is 23.1 Å². The van der Waals surface area contributed by atoms with Gasteiger partial charge in [-0.3, -0.25) is 0 Å². The molecule has 1 aromatic heterocycles. The number of anilines is 1. The van der Waals surface area contributed by atoms with Crippen molar-refractivity contribution in [2.45, 2.75) is 53.2 Å². The summed E-state index contributed by atoms with van der Waals surface area (Å²) in [6.45, 7) is 9.20. The van der Waals surface area contributed by atoms with Crippen LogP contribution < -0.4 is 10.5 Å². The maximum Gasteiger partial charge on any atom is 0.131 e. The Labute approximate surface area is 127 Å². The second-order valence-corrected chi connectivity index (χ2v) is 5.46. The Balaban J connectivity index is 2.42. The Morgan fingerprint density at radius 1 is 1.29 bits per heavy atom. The molecule has 2 rings (SSSR count). The van der Waals surface area contributed by atoms with Gasteiger partial charge in [-0.05, 0) is 32.4 Å². The number of nitrogen functional groups attached to an aromatic ring is 1. The summed E-state index contributed by atoms with van der Waals surface area (Å²) in [5.74, 6) is 2.64. The number of nitrogens with zero attached hydrogens (tertiary/aromatic N) is 2. The number of aryl methyl sites for hydroxylation is 1. The second-order valence-electron chi connectivity index (χ2n) is 5.46. The van der Waals surface area contributed by atoms with Crippen LogP contribution in [0.5, 0.6) is 5.75 Å². The molecule has 2 N–H and O–H groups in total. The molecule has 0 aliphatic rings. The summed E-state index contributed by atoms with van der Waals surface area (Å²) in [6.07, 6.45) is 2.08. The lowest BCUT2D eigenvalue weighted by Crippen LogP contribution is -2.06. The minimum absolute atomic E-state index is 0.154. The van der Waals surface area contributed by atoms with Crippen LogP contribution in [0.3, 0.4) is 0 Å². The van der Waals surface area contributed by atoms with E-state index in [0.29, 0.717) is 0 Å². The Kier molecular flexibility index (Phi) is 4.89. The first-order valence-corrected chi connectivity index (χ1v) is 7.68. The minimum Gasteiger partial charge on any atom is -0.491 e. The molecule has 0 saturated heterocycles. The van der Waals surface area contributed by atoms with Gasteiger partial charge in [0.05, 0.1) is 6.10 Å². The lowest BCUT2D eigenvalue weighted by molar-refractivity contribution is 0.242. The third kappa shape index (κ3) is 3.38. The summed E-state index contributed by atoms with van der Waals surface area (Å²) in [6, 6.07) is 7.98. The normalized spacial score (nSPS) is 11.1. The number of hydrogen-bond donors (Lipinski definition) is 1. The van der Waals surface area contributed by atoms with Gasteiger partial charge in [-0.15, -0.1) is 0 Å². The van der Waals surface area contributed by atoms with E-state index in [1.54, 1.807) is 0 Å². The van der Waals surface area contributed by atoms with Crippen molar-refractivity contribution in [2.24, 2.45) is 0 Å². The molecule has 0 fully saturated rings. The standard InChI is InChI=1S/C17H25N3O/c1-5-10-20-15(6-2)19-16(17(20)18)13-8-7-9-14(11-13)21-12(3)4/h7-9,11-12H,5-6,10,18H2,1-4H3. The average Bonchev–Trinajstić information content (AvgIpc) is 2.76. The number of aromatic nitrogens is 2. The molecule has 0 aliphatic carbocycles. The zero-order chi connectivity index (χ0) is 15.4. The van der Waals surface area contributed by atoms with E-state index in [2.05, 4.69) is 18.4 Å². The van der Waals surface area contributed by atoms with Crippen molar-refractivity contribution < 1.29 is 4.74 Å². The first kappa shape index (κ1) is 15.4. The van der Waals surface area contributed by atoms with Crippen LogP contribution in [0.15, 0.2) is 24.3 Å². The highest BCUT2D eigenvalue weighted by Crippen LogP contribution is 2.29. The molecule has 0 radical (unpaired) electrons. The molecule has 0 bridgehead atoms. The fourth-order valence-corrected chi connectivity index (χ4v) is 2.46. The minimum atomic E-state index is 0.154. The first-order chi connectivity index (χ1) is 10.1. The van der Waals surface area contributed by atoms with Gasteiger partial charge < -0.3 is 15.0 Å². The monoisotopic (exact) mass is 287 g/mol. The van der Waals surface area contributed by atoms with Crippen molar-refractivity contribution >= 4 is 5.82 Å². The number of rotatable bonds is 6. The van der Waals surface area contributed by atoms with Gasteiger partial charge in [-0.1, -0.05) is 26.0 Å². The predicted octanol–water partition coefficient (Wildman–Crippen LogP) is 3.89. The quantitative estimate of drug-likeness (QED) is 0.877. The summed E-state index contributed by atoms with van der Waals surface area (Å²) in [5, 5.41) is 0. The van der Waals surface area contributed by atoms with E-state index in [4.69, 9.17) is 15.5 Å². The summed E-state index contributed by atoms with van der Waals surface area (Å²) in [5.41, 5.74) is 8.17. The Morgan fingerprint density at radius 3 is 2.67 bits per heavy atom. The summed E-state index contributed by atoms with van der Waals surface area (Å²) in [7, 11) is 0. The van der Waals surface area contributed by atoms with Crippen LogP contribution in [0, 0.1) is 0 Å². The maximum atomic E-state index is 6.31. The summed E-state index contributed by atoms with van der Waals surface area (Å²) < 4.78 is 7.87. The molecule has 1 aromatic carbocycles. The van der Waals surface area contributed by atoms with Crippen LogP contribution in [0.1, 0.15) is 39.9 Å². The molecule has 0 spiro atoms. The largest absolute Gasteiger partial charge is 0.491 e. The Bertz CT molecular complexity index is 602. The Hall–Kier alpha value is -1.97.